The molecule has 0 unspecified atom stereocenters. The third-order valence-electron chi connectivity index (χ3n) is 4.35. The molecule has 6 bridgehead atoms. The van der Waals surface area contributed by atoms with E-state index in [1.807, 2.05) is 0 Å². The van der Waals surface area contributed by atoms with Gasteiger partial charge in [-0.1, -0.05) is 0 Å². The highest BCUT2D eigenvalue weighted by Gasteiger charge is 2.67. The molecular formula is C10H10O4. The van der Waals surface area contributed by atoms with E-state index in [1.165, 1.54) is 0 Å². The zero-order chi connectivity index (χ0) is 9.45. The van der Waals surface area contributed by atoms with Crippen LogP contribution in [0.25, 0.3) is 0 Å². The maximum absolute atomic E-state index is 11.5. The Morgan fingerprint density at radius 1 is 0.857 bits per heavy atom. The van der Waals surface area contributed by atoms with Gasteiger partial charge in [0.25, 0.3) is 0 Å². The highest BCUT2D eigenvalue weighted by Crippen LogP contribution is 2.58. The first kappa shape index (κ1) is 7.26. The highest BCUT2D eigenvalue weighted by molar-refractivity contribution is 5.86. The molecule has 5 fully saturated rings. The third kappa shape index (κ3) is 0.586. The summed E-state index contributed by atoms with van der Waals surface area (Å²) < 4.78 is 10.5. The van der Waals surface area contributed by atoms with Crippen molar-refractivity contribution in [1.29, 1.82) is 0 Å². The Balaban J connectivity index is 1.88. The van der Waals surface area contributed by atoms with E-state index in [4.69, 9.17) is 9.47 Å². The van der Waals surface area contributed by atoms with Gasteiger partial charge in [0.15, 0.2) is 0 Å². The van der Waals surface area contributed by atoms with Gasteiger partial charge in [-0.25, -0.2) is 0 Å². The van der Waals surface area contributed by atoms with E-state index in [2.05, 4.69) is 0 Å². The first-order chi connectivity index (χ1) is 6.75. The van der Waals surface area contributed by atoms with Crippen molar-refractivity contribution >= 4 is 11.9 Å². The van der Waals surface area contributed by atoms with Crippen LogP contribution in [-0.4, -0.2) is 24.1 Å². The molecule has 3 saturated carbocycles. The molecule has 3 aliphatic carbocycles. The molecule has 2 heterocycles. The first-order valence-electron chi connectivity index (χ1n) is 5.16. The van der Waals surface area contributed by atoms with Crippen LogP contribution in [0.1, 0.15) is 12.8 Å². The zero-order valence-corrected chi connectivity index (χ0v) is 7.51. The van der Waals surface area contributed by atoms with Gasteiger partial charge in [-0.15, -0.1) is 0 Å². The molecule has 4 heteroatoms. The lowest BCUT2D eigenvalue weighted by Gasteiger charge is -2.40. The summed E-state index contributed by atoms with van der Waals surface area (Å²) in [6.07, 6.45) is 1.85. The molecule has 2 saturated heterocycles. The van der Waals surface area contributed by atoms with Crippen LogP contribution in [0.4, 0.5) is 0 Å². The predicted octanol–water partition coefficient (Wildman–Crippen LogP) is 0.109. The maximum Gasteiger partial charge on any atom is 0.310 e. The van der Waals surface area contributed by atoms with Crippen molar-refractivity contribution in [3.8, 4) is 0 Å². The summed E-state index contributed by atoms with van der Waals surface area (Å²) in [6, 6.07) is 0. The smallest absolute Gasteiger partial charge is 0.310 e. The Labute approximate surface area is 80.6 Å². The Hall–Kier alpha value is -1.06. The van der Waals surface area contributed by atoms with E-state index >= 15 is 0 Å². The van der Waals surface area contributed by atoms with E-state index in [1.54, 1.807) is 0 Å². The molecule has 4 nitrogen and oxygen atoms in total. The molecule has 0 aromatic heterocycles. The zero-order valence-electron chi connectivity index (χ0n) is 7.51. The minimum absolute atomic E-state index is 0.0829. The summed E-state index contributed by atoms with van der Waals surface area (Å²) in [5, 5.41) is 0. The van der Waals surface area contributed by atoms with Gasteiger partial charge in [0.2, 0.25) is 0 Å². The lowest BCUT2D eigenvalue weighted by Crippen LogP contribution is -2.47. The van der Waals surface area contributed by atoms with Crippen molar-refractivity contribution in [2.75, 3.05) is 0 Å². The van der Waals surface area contributed by atoms with Gasteiger partial charge >= 0.3 is 11.9 Å². The normalized spacial score (nSPS) is 57.4. The number of carbonyl (C=O) groups excluding carboxylic acids is 2. The molecule has 0 spiro atoms. The lowest BCUT2D eigenvalue weighted by atomic mass is 9.59. The molecule has 0 radical (unpaired) electrons. The lowest BCUT2D eigenvalue weighted by molar-refractivity contribution is -0.151. The average molecular weight is 194 g/mol. The number of rotatable bonds is 0. The predicted molar refractivity (Wildman–Crippen MR) is 43.0 cm³/mol. The average Bonchev–Trinajstić information content (AvgIpc) is 2.53. The van der Waals surface area contributed by atoms with Crippen LogP contribution in [0.2, 0.25) is 0 Å². The third-order valence-corrected chi connectivity index (χ3v) is 4.35. The van der Waals surface area contributed by atoms with Crippen molar-refractivity contribution in [3.63, 3.8) is 0 Å². The molecule has 5 aliphatic rings. The summed E-state index contributed by atoms with van der Waals surface area (Å²) in [6.45, 7) is 0. The van der Waals surface area contributed by atoms with Crippen LogP contribution in [0.5, 0.6) is 0 Å². The summed E-state index contributed by atoms with van der Waals surface area (Å²) in [7, 11) is 0. The second-order valence-corrected chi connectivity index (χ2v) is 4.80. The first-order valence-corrected chi connectivity index (χ1v) is 5.16. The Bertz CT molecular complexity index is 316. The molecule has 0 aromatic carbocycles. The number of carbonyl (C=O) groups is 2. The fraction of sp³-hybridized carbons (Fsp3) is 0.800. The van der Waals surface area contributed by atoms with E-state index < -0.39 is 0 Å². The largest absolute Gasteiger partial charge is 0.462 e. The molecule has 5 rings (SSSR count). The fourth-order valence-corrected chi connectivity index (χ4v) is 3.85. The van der Waals surface area contributed by atoms with E-state index in [0.717, 1.165) is 12.8 Å². The second kappa shape index (κ2) is 1.97. The van der Waals surface area contributed by atoms with Crippen LogP contribution in [-0.2, 0) is 19.1 Å². The summed E-state index contributed by atoms with van der Waals surface area (Å²) in [5.41, 5.74) is 0. The molecular weight excluding hydrogens is 184 g/mol. The quantitative estimate of drug-likeness (QED) is 0.513. The standard InChI is InChI=1S/C10H10O4/c11-9-7-3-1-5-4(2-6(3)14-9)8(7)10(12)13-5/h3-8H,1-2H2/t3-,4-,5-,6+,7-,8+/m1/s1. The van der Waals surface area contributed by atoms with E-state index in [-0.39, 0.29) is 47.8 Å². The summed E-state index contributed by atoms with van der Waals surface area (Å²) in [4.78, 5) is 23.1. The molecule has 0 N–H and O–H groups in total. The van der Waals surface area contributed by atoms with Crippen molar-refractivity contribution in [1.82, 2.24) is 0 Å². The van der Waals surface area contributed by atoms with Crippen LogP contribution >= 0.6 is 0 Å². The number of hydrogen-bond acceptors (Lipinski definition) is 4. The Kier molecular flexibility index (Phi) is 1.02. The van der Waals surface area contributed by atoms with Crippen molar-refractivity contribution in [2.45, 2.75) is 25.0 Å². The topological polar surface area (TPSA) is 52.6 Å². The molecule has 0 amide bonds. The maximum atomic E-state index is 11.5. The monoisotopic (exact) mass is 194 g/mol. The molecule has 74 valence electrons. The fourth-order valence-electron chi connectivity index (χ4n) is 3.85. The minimum atomic E-state index is -0.176. The molecule has 14 heavy (non-hydrogen) atoms. The Morgan fingerprint density at radius 2 is 1.29 bits per heavy atom. The Morgan fingerprint density at radius 3 is 1.71 bits per heavy atom. The van der Waals surface area contributed by atoms with Crippen molar-refractivity contribution in [2.24, 2.45) is 23.7 Å². The minimum Gasteiger partial charge on any atom is -0.462 e. The molecule has 2 aliphatic heterocycles. The van der Waals surface area contributed by atoms with Crippen LogP contribution in [0, 0.1) is 23.7 Å². The van der Waals surface area contributed by atoms with Gasteiger partial charge in [0, 0.05) is 11.8 Å². The number of esters is 2. The van der Waals surface area contributed by atoms with Crippen molar-refractivity contribution < 1.29 is 19.1 Å². The van der Waals surface area contributed by atoms with E-state index in [0.29, 0.717) is 0 Å². The van der Waals surface area contributed by atoms with Crippen LogP contribution in [0.15, 0.2) is 0 Å². The van der Waals surface area contributed by atoms with E-state index in [9.17, 15) is 9.59 Å². The van der Waals surface area contributed by atoms with Gasteiger partial charge in [-0.3, -0.25) is 9.59 Å². The van der Waals surface area contributed by atoms with Crippen molar-refractivity contribution in [3.05, 3.63) is 0 Å². The van der Waals surface area contributed by atoms with Gasteiger partial charge < -0.3 is 9.47 Å². The summed E-state index contributed by atoms with van der Waals surface area (Å²) >= 11 is 0. The second-order valence-electron chi connectivity index (χ2n) is 4.80. The molecule has 0 aromatic rings. The SMILES string of the molecule is O=C1O[C@H]2C[C@H]3[C@@H]4C(=O)O[C@@H]3C[C@H]2[C@@H]14. The highest BCUT2D eigenvalue weighted by atomic mass is 16.6. The summed E-state index contributed by atoms with van der Waals surface area (Å²) in [5.74, 6) is -0.160. The van der Waals surface area contributed by atoms with Gasteiger partial charge in [0.05, 0.1) is 11.8 Å². The number of hydrogen-bond donors (Lipinski definition) is 0. The molecule has 6 atom stereocenters. The van der Waals surface area contributed by atoms with Crippen LogP contribution in [0.3, 0.4) is 0 Å². The van der Waals surface area contributed by atoms with Gasteiger partial charge in [0.1, 0.15) is 12.2 Å². The van der Waals surface area contributed by atoms with Crippen LogP contribution < -0.4 is 0 Å². The van der Waals surface area contributed by atoms with Gasteiger partial charge in [-0.05, 0) is 12.8 Å². The van der Waals surface area contributed by atoms with Gasteiger partial charge in [-0.2, -0.15) is 0 Å². The number of ether oxygens (including phenoxy) is 2.